The monoisotopic (exact) mass is 299 g/mol. The van der Waals surface area contributed by atoms with Gasteiger partial charge in [0.05, 0.1) is 0 Å². The number of aromatic amines is 1. The Morgan fingerprint density at radius 1 is 1.41 bits per heavy atom. The van der Waals surface area contributed by atoms with Gasteiger partial charge in [-0.1, -0.05) is 13.8 Å². The molecule has 22 heavy (non-hydrogen) atoms. The predicted molar refractivity (Wildman–Crippen MR) is 83.1 cm³/mol. The number of aromatic nitrogens is 4. The van der Waals surface area contributed by atoms with Gasteiger partial charge in [-0.3, -0.25) is 4.79 Å². The van der Waals surface area contributed by atoms with E-state index in [1.54, 1.807) is 12.4 Å². The lowest BCUT2D eigenvalue weighted by Gasteiger charge is -2.18. The molecular weight excluding hydrogens is 278 g/mol. The quantitative estimate of drug-likeness (QED) is 0.942. The van der Waals surface area contributed by atoms with E-state index in [0.717, 1.165) is 42.5 Å². The van der Waals surface area contributed by atoms with Gasteiger partial charge in [-0.25, -0.2) is 15.0 Å². The lowest BCUT2D eigenvalue weighted by atomic mass is 10.0. The molecule has 116 valence electrons. The highest BCUT2D eigenvalue weighted by Gasteiger charge is 2.29. The minimum Gasteiger partial charge on any atom is -0.343 e. The van der Waals surface area contributed by atoms with Crippen LogP contribution < -0.4 is 0 Å². The van der Waals surface area contributed by atoms with Crippen molar-refractivity contribution in [2.45, 2.75) is 33.1 Å². The molecule has 3 rings (SSSR count). The van der Waals surface area contributed by atoms with Crippen LogP contribution in [0.5, 0.6) is 0 Å². The Morgan fingerprint density at radius 2 is 2.23 bits per heavy atom. The van der Waals surface area contributed by atoms with E-state index in [2.05, 4.69) is 19.9 Å². The molecule has 6 heteroatoms. The zero-order valence-electron chi connectivity index (χ0n) is 13.2. The maximum atomic E-state index is 12.1. The number of aryl methyl sites for hydroxylation is 1. The normalized spacial score (nSPS) is 18.2. The summed E-state index contributed by atoms with van der Waals surface area (Å²) in [6.45, 7) is 7.33. The van der Waals surface area contributed by atoms with Crippen LogP contribution in [0, 0.1) is 12.8 Å². The molecule has 0 saturated carbocycles. The first-order chi connectivity index (χ1) is 10.5. The largest absolute Gasteiger partial charge is 0.343 e. The van der Waals surface area contributed by atoms with Crippen LogP contribution >= 0.6 is 0 Å². The summed E-state index contributed by atoms with van der Waals surface area (Å²) in [6.07, 6.45) is 4.45. The van der Waals surface area contributed by atoms with Crippen molar-refractivity contribution in [1.82, 2.24) is 24.8 Å². The second-order valence-electron chi connectivity index (χ2n) is 6.09. The molecule has 0 unspecified atom stereocenters. The van der Waals surface area contributed by atoms with Crippen LogP contribution in [-0.4, -0.2) is 43.8 Å². The third-order valence-corrected chi connectivity index (χ3v) is 4.01. The Labute approximate surface area is 130 Å². The van der Waals surface area contributed by atoms with Crippen molar-refractivity contribution >= 4 is 5.91 Å². The number of hydrogen-bond donors (Lipinski definition) is 1. The van der Waals surface area contributed by atoms with Crippen LogP contribution in [0.1, 0.15) is 37.7 Å². The van der Waals surface area contributed by atoms with Crippen LogP contribution in [0.3, 0.4) is 0 Å². The molecular formula is C16H21N5O. The van der Waals surface area contributed by atoms with Gasteiger partial charge in [-0.05, 0) is 19.4 Å². The van der Waals surface area contributed by atoms with Gasteiger partial charge in [0.25, 0.3) is 0 Å². The molecule has 1 atom stereocenters. The molecule has 0 spiro atoms. The summed E-state index contributed by atoms with van der Waals surface area (Å²) in [4.78, 5) is 30.4. The van der Waals surface area contributed by atoms with Gasteiger partial charge in [0.2, 0.25) is 5.91 Å². The molecule has 2 aromatic heterocycles. The average molecular weight is 299 g/mol. The van der Waals surface area contributed by atoms with E-state index in [9.17, 15) is 4.79 Å². The van der Waals surface area contributed by atoms with Crippen molar-refractivity contribution in [2.24, 2.45) is 5.92 Å². The minimum absolute atomic E-state index is 0.0459. The Kier molecular flexibility index (Phi) is 3.92. The highest BCUT2D eigenvalue weighted by atomic mass is 16.2. The first-order valence-electron chi connectivity index (χ1n) is 7.68. The number of likely N-dealkylation sites (tertiary alicyclic amines) is 1. The number of nitrogens with one attached hydrogen (secondary N) is 1. The van der Waals surface area contributed by atoms with Crippen molar-refractivity contribution in [3.05, 3.63) is 30.0 Å². The van der Waals surface area contributed by atoms with Crippen LogP contribution in [0.2, 0.25) is 0 Å². The van der Waals surface area contributed by atoms with Gasteiger partial charge in [0.1, 0.15) is 11.5 Å². The summed E-state index contributed by atoms with van der Waals surface area (Å²) in [5.41, 5.74) is 1.80. The average Bonchev–Trinajstić information content (AvgIpc) is 3.17. The Hall–Kier alpha value is -2.24. The first-order valence-corrected chi connectivity index (χ1v) is 7.68. The molecule has 0 aromatic carbocycles. The molecule has 2 aromatic rings. The summed E-state index contributed by atoms with van der Waals surface area (Å²) in [7, 11) is 0. The third kappa shape index (κ3) is 2.86. The Morgan fingerprint density at radius 3 is 2.91 bits per heavy atom. The van der Waals surface area contributed by atoms with Crippen molar-refractivity contribution in [1.29, 1.82) is 0 Å². The minimum atomic E-state index is 0.0459. The standard InChI is InChI=1S/C16H21N5O/c1-10(2)16(22)21-7-4-12(9-21)13-8-14(20-11(3)19-13)15-17-5-6-18-15/h5-6,8,10,12H,4,7,9H2,1-3H3,(H,17,18)/t12-/m0/s1. The van der Waals surface area contributed by atoms with Gasteiger partial charge in [-0.2, -0.15) is 0 Å². The summed E-state index contributed by atoms with van der Waals surface area (Å²) >= 11 is 0. The molecule has 3 heterocycles. The molecule has 1 fully saturated rings. The van der Waals surface area contributed by atoms with Gasteiger partial charge in [-0.15, -0.1) is 0 Å². The number of rotatable bonds is 3. The second-order valence-corrected chi connectivity index (χ2v) is 6.09. The number of nitrogens with zero attached hydrogens (tertiary/aromatic N) is 4. The van der Waals surface area contributed by atoms with Crippen molar-refractivity contribution in [3.63, 3.8) is 0 Å². The van der Waals surface area contributed by atoms with E-state index >= 15 is 0 Å². The van der Waals surface area contributed by atoms with Crippen molar-refractivity contribution in [3.8, 4) is 11.5 Å². The molecule has 1 aliphatic rings. The molecule has 0 radical (unpaired) electrons. The Bertz CT molecular complexity index is 665. The zero-order valence-corrected chi connectivity index (χ0v) is 13.2. The lowest BCUT2D eigenvalue weighted by Crippen LogP contribution is -2.32. The molecule has 1 amide bonds. The van der Waals surface area contributed by atoms with Crippen LogP contribution in [-0.2, 0) is 4.79 Å². The van der Waals surface area contributed by atoms with Gasteiger partial charge < -0.3 is 9.88 Å². The number of imidazole rings is 1. The van der Waals surface area contributed by atoms with E-state index < -0.39 is 0 Å². The molecule has 6 nitrogen and oxygen atoms in total. The molecule has 0 aliphatic carbocycles. The van der Waals surface area contributed by atoms with E-state index in [1.807, 2.05) is 31.7 Å². The fourth-order valence-corrected chi connectivity index (χ4v) is 2.89. The number of carbonyl (C=O) groups is 1. The van der Waals surface area contributed by atoms with Gasteiger partial charge in [0, 0.05) is 43.0 Å². The molecule has 1 saturated heterocycles. The van der Waals surface area contributed by atoms with Crippen molar-refractivity contribution in [2.75, 3.05) is 13.1 Å². The fourth-order valence-electron chi connectivity index (χ4n) is 2.89. The summed E-state index contributed by atoms with van der Waals surface area (Å²) < 4.78 is 0. The lowest BCUT2D eigenvalue weighted by molar-refractivity contribution is -0.133. The smallest absolute Gasteiger partial charge is 0.225 e. The van der Waals surface area contributed by atoms with E-state index in [-0.39, 0.29) is 17.7 Å². The zero-order chi connectivity index (χ0) is 15.7. The van der Waals surface area contributed by atoms with E-state index in [4.69, 9.17) is 0 Å². The Balaban J connectivity index is 1.83. The summed E-state index contributed by atoms with van der Waals surface area (Å²) in [5.74, 6) is 2.03. The van der Waals surface area contributed by atoms with Crippen LogP contribution in [0.4, 0.5) is 0 Å². The summed E-state index contributed by atoms with van der Waals surface area (Å²) in [5, 5.41) is 0. The molecule has 0 bridgehead atoms. The SMILES string of the molecule is Cc1nc(-c2ncc[nH]2)cc([C@H]2CCN(C(=O)C(C)C)C2)n1. The first kappa shape index (κ1) is 14.7. The van der Waals surface area contributed by atoms with Crippen molar-refractivity contribution < 1.29 is 4.79 Å². The highest BCUT2D eigenvalue weighted by molar-refractivity contribution is 5.78. The second kappa shape index (κ2) is 5.87. The van der Waals surface area contributed by atoms with Crippen LogP contribution in [0.15, 0.2) is 18.5 Å². The van der Waals surface area contributed by atoms with Gasteiger partial charge >= 0.3 is 0 Å². The predicted octanol–water partition coefficient (Wildman–Crippen LogP) is 2.15. The number of carbonyl (C=O) groups excluding carboxylic acids is 1. The third-order valence-electron chi connectivity index (χ3n) is 4.01. The van der Waals surface area contributed by atoms with E-state index in [0.29, 0.717) is 0 Å². The topological polar surface area (TPSA) is 74.8 Å². The highest BCUT2D eigenvalue weighted by Crippen LogP contribution is 2.28. The number of hydrogen-bond acceptors (Lipinski definition) is 4. The summed E-state index contributed by atoms with van der Waals surface area (Å²) in [6, 6.07) is 1.99. The van der Waals surface area contributed by atoms with Gasteiger partial charge in [0.15, 0.2) is 5.82 Å². The molecule has 1 aliphatic heterocycles. The number of H-pyrrole nitrogens is 1. The maximum Gasteiger partial charge on any atom is 0.225 e. The maximum absolute atomic E-state index is 12.1. The van der Waals surface area contributed by atoms with E-state index in [1.165, 1.54) is 0 Å². The fraction of sp³-hybridized carbons (Fsp3) is 0.500. The molecule has 1 N–H and O–H groups in total. The van der Waals surface area contributed by atoms with Crippen LogP contribution in [0.25, 0.3) is 11.5 Å². The number of amides is 1.